The van der Waals surface area contributed by atoms with Crippen molar-refractivity contribution in [2.75, 3.05) is 6.54 Å². The molecule has 1 N–H and O–H groups in total. The fourth-order valence-corrected chi connectivity index (χ4v) is 2.94. The molecule has 2 aromatic rings. The van der Waals surface area contributed by atoms with E-state index in [1.807, 2.05) is 35.8 Å². The van der Waals surface area contributed by atoms with Gasteiger partial charge in [-0.3, -0.25) is 4.79 Å². The Morgan fingerprint density at radius 1 is 1.38 bits per heavy atom. The first kappa shape index (κ1) is 13.6. The van der Waals surface area contributed by atoms with E-state index in [4.69, 9.17) is 0 Å². The maximum absolute atomic E-state index is 12.4. The molecule has 1 amide bonds. The molecule has 1 aliphatic heterocycles. The second kappa shape index (κ2) is 5.20. The average molecular weight is 287 g/mol. The van der Waals surface area contributed by atoms with Crippen LogP contribution in [0, 0.1) is 6.92 Å². The van der Waals surface area contributed by atoms with Gasteiger partial charge in [-0.25, -0.2) is 9.78 Å². The number of hydrogen-bond acceptors (Lipinski definition) is 3. The standard InChI is InChI=1S/C15H17N3O3/c1-10-16-11-5-2-3-6-12(11)18(10)9-14(19)17-8-4-7-13(17)15(20)21/h2-3,5-6,13H,4,7-9H2,1H3,(H,20,21)/t13-/m0/s1. The molecule has 1 aromatic heterocycles. The maximum Gasteiger partial charge on any atom is 0.326 e. The van der Waals surface area contributed by atoms with E-state index in [2.05, 4.69) is 4.98 Å². The molecule has 1 saturated heterocycles. The molecular weight excluding hydrogens is 270 g/mol. The van der Waals surface area contributed by atoms with Crippen LogP contribution in [-0.2, 0) is 16.1 Å². The zero-order valence-corrected chi connectivity index (χ0v) is 11.8. The number of fused-ring (bicyclic) bond motifs is 1. The van der Waals surface area contributed by atoms with E-state index >= 15 is 0 Å². The number of aryl methyl sites for hydroxylation is 1. The van der Waals surface area contributed by atoms with E-state index in [1.54, 1.807) is 0 Å². The molecule has 6 heteroatoms. The fourth-order valence-electron chi connectivity index (χ4n) is 2.94. The number of amides is 1. The Kier molecular flexibility index (Phi) is 3.37. The topological polar surface area (TPSA) is 75.4 Å². The number of carbonyl (C=O) groups excluding carboxylic acids is 1. The van der Waals surface area contributed by atoms with Crippen molar-refractivity contribution < 1.29 is 14.7 Å². The fraction of sp³-hybridized carbons (Fsp3) is 0.400. The largest absolute Gasteiger partial charge is 0.480 e. The van der Waals surface area contributed by atoms with Gasteiger partial charge in [0.1, 0.15) is 18.4 Å². The van der Waals surface area contributed by atoms with Crippen LogP contribution >= 0.6 is 0 Å². The lowest BCUT2D eigenvalue weighted by atomic mass is 10.2. The van der Waals surface area contributed by atoms with Crippen molar-refractivity contribution in [3.8, 4) is 0 Å². The van der Waals surface area contributed by atoms with E-state index < -0.39 is 12.0 Å². The van der Waals surface area contributed by atoms with Gasteiger partial charge in [-0.2, -0.15) is 0 Å². The second-order valence-electron chi connectivity index (χ2n) is 5.32. The average Bonchev–Trinajstić information content (AvgIpc) is 3.04. The zero-order valence-electron chi connectivity index (χ0n) is 11.8. The van der Waals surface area contributed by atoms with Gasteiger partial charge in [-0.05, 0) is 31.9 Å². The van der Waals surface area contributed by atoms with Gasteiger partial charge in [0.15, 0.2) is 0 Å². The van der Waals surface area contributed by atoms with Crippen LogP contribution in [0.1, 0.15) is 18.7 Å². The number of carboxylic acid groups (broad SMARTS) is 1. The third kappa shape index (κ3) is 2.37. The summed E-state index contributed by atoms with van der Waals surface area (Å²) in [6.45, 7) is 2.50. The monoisotopic (exact) mass is 287 g/mol. The van der Waals surface area contributed by atoms with Crippen LogP contribution in [-0.4, -0.2) is 44.0 Å². The molecule has 0 bridgehead atoms. The van der Waals surface area contributed by atoms with Gasteiger partial charge in [0.2, 0.25) is 5.91 Å². The molecule has 1 aliphatic rings. The molecule has 1 fully saturated rings. The SMILES string of the molecule is Cc1nc2ccccc2n1CC(=O)N1CCC[C@H]1C(=O)O. The molecule has 21 heavy (non-hydrogen) atoms. The van der Waals surface area contributed by atoms with Crippen molar-refractivity contribution in [2.45, 2.75) is 32.4 Å². The molecule has 1 aromatic carbocycles. The minimum atomic E-state index is -0.923. The first-order valence-electron chi connectivity index (χ1n) is 7.02. The number of nitrogens with zero attached hydrogens (tertiary/aromatic N) is 3. The summed E-state index contributed by atoms with van der Waals surface area (Å²) in [7, 11) is 0. The summed E-state index contributed by atoms with van der Waals surface area (Å²) >= 11 is 0. The predicted molar refractivity (Wildman–Crippen MR) is 76.8 cm³/mol. The van der Waals surface area contributed by atoms with Crippen LogP contribution in [0.15, 0.2) is 24.3 Å². The quantitative estimate of drug-likeness (QED) is 0.926. The Morgan fingerprint density at radius 2 is 2.14 bits per heavy atom. The van der Waals surface area contributed by atoms with Crippen LogP contribution in [0.4, 0.5) is 0 Å². The van der Waals surface area contributed by atoms with Crippen LogP contribution in [0.3, 0.4) is 0 Å². The Balaban J connectivity index is 1.87. The maximum atomic E-state index is 12.4. The first-order valence-corrected chi connectivity index (χ1v) is 7.02. The van der Waals surface area contributed by atoms with Crippen molar-refractivity contribution >= 4 is 22.9 Å². The number of likely N-dealkylation sites (tertiary alicyclic amines) is 1. The van der Waals surface area contributed by atoms with Crippen molar-refractivity contribution in [1.82, 2.24) is 14.5 Å². The Labute approximate surface area is 122 Å². The van der Waals surface area contributed by atoms with E-state index in [0.717, 1.165) is 23.3 Å². The van der Waals surface area contributed by atoms with Gasteiger partial charge in [0, 0.05) is 6.54 Å². The number of carbonyl (C=O) groups is 2. The lowest BCUT2D eigenvalue weighted by Crippen LogP contribution is -2.42. The second-order valence-corrected chi connectivity index (χ2v) is 5.32. The number of aliphatic carboxylic acids is 1. The molecule has 3 rings (SSSR count). The van der Waals surface area contributed by atoms with Crippen molar-refractivity contribution in [2.24, 2.45) is 0 Å². The summed E-state index contributed by atoms with van der Waals surface area (Å²) < 4.78 is 1.84. The third-order valence-electron chi connectivity index (χ3n) is 4.00. The summed E-state index contributed by atoms with van der Waals surface area (Å²) in [4.78, 5) is 29.5. The predicted octanol–water partition coefficient (Wildman–Crippen LogP) is 1.42. The number of para-hydroxylation sites is 2. The highest BCUT2D eigenvalue weighted by molar-refractivity contribution is 5.85. The van der Waals surface area contributed by atoms with E-state index in [-0.39, 0.29) is 12.5 Å². The van der Waals surface area contributed by atoms with Crippen molar-refractivity contribution in [1.29, 1.82) is 0 Å². The highest BCUT2D eigenvalue weighted by atomic mass is 16.4. The summed E-state index contributed by atoms with van der Waals surface area (Å²) in [5, 5.41) is 9.17. The van der Waals surface area contributed by atoms with Gasteiger partial charge in [0.05, 0.1) is 11.0 Å². The number of benzene rings is 1. The molecule has 110 valence electrons. The van der Waals surface area contributed by atoms with Gasteiger partial charge >= 0.3 is 5.97 Å². The Bertz CT molecular complexity index is 707. The van der Waals surface area contributed by atoms with Crippen LogP contribution in [0.25, 0.3) is 11.0 Å². The number of hydrogen-bond donors (Lipinski definition) is 1. The summed E-state index contributed by atoms with van der Waals surface area (Å²) in [6, 6.07) is 6.94. The normalized spacial score (nSPS) is 18.3. The lowest BCUT2D eigenvalue weighted by Gasteiger charge is -2.22. The van der Waals surface area contributed by atoms with E-state index in [9.17, 15) is 14.7 Å². The summed E-state index contributed by atoms with van der Waals surface area (Å²) in [5.74, 6) is -0.324. The Morgan fingerprint density at radius 3 is 2.90 bits per heavy atom. The molecule has 0 aliphatic carbocycles. The molecule has 0 spiro atoms. The van der Waals surface area contributed by atoms with Crippen LogP contribution in [0.2, 0.25) is 0 Å². The number of carboxylic acids is 1. The first-order chi connectivity index (χ1) is 10.1. The van der Waals surface area contributed by atoms with Crippen LogP contribution < -0.4 is 0 Å². The number of aromatic nitrogens is 2. The number of rotatable bonds is 3. The zero-order chi connectivity index (χ0) is 15.0. The van der Waals surface area contributed by atoms with E-state index in [0.29, 0.717) is 13.0 Å². The van der Waals surface area contributed by atoms with E-state index in [1.165, 1.54) is 4.90 Å². The lowest BCUT2D eigenvalue weighted by molar-refractivity contribution is -0.148. The summed E-state index contributed by atoms with van der Waals surface area (Å²) in [5.41, 5.74) is 1.74. The molecule has 0 radical (unpaired) electrons. The van der Waals surface area contributed by atoms with Gasteiger partial charge in [-0.15, -0.1) is 0 Å². The molecule has 0 saturated carbocycles. The molecule has 1 atom stereocenters. The minimum absolute atomic E-state index is 0.135. The highest BCUT2D eigenvalue weighted by Crippen LogP contribution is 2.20. The summed E-state index contributed by atoms with van der Waals surface area (Å²) in [6.07, 6.45) is 1.27. The van der Waals surface area contributed by atoms with Gasteiger partial charge < -0.3 is 14.6 Å². The van der Waals surface area contributed by atoms with Gasteiger partial charge in [0.25, 0.3) is 0 Å². The minimum Gasteiger partial charge on any atom is -0.480 e. The molecule has 6 nitrogen and oxygen atoms in total. The van der Waals surface area contributed by atoms with Gasteiger partial charge in [-0.1, -0.05) is 12.1 Å². The Hall–Kier alpha value is -2.37. The smallest absolute Gasteiger partial charge is 0.326 e. The number of imidazole rings is 1. The molecule has 2 heterocycles. The molecule has 0 unspecified atom stereocenters. The van der Waals surface area contributed by atoms with Crippen LogP contribution in [0.5, 0.6) is 0 Å². The highest BCUT2D eigenvalue weighted by Gasteiger charge is 2.34. The third-order valence-corrected chi connectivity index (χ3v) is 4.00. The molecular formula is C15H17N3O3. The van der Waals surface area contributed by atoms with Crippen molar-refractivity contribution in [3.63, 3.8) is 0 Å². The van der Waals surface area contributed by atoms with Crippen molar-refractivity contribution in [3.05, 3.63) is 30.1 Å².